The van der Waals surface area contributed by atoms with E-state index in [9.17, 15) is 13.6 Å². The van der Waals surface area contributed by atoms with Crippen molar-refractivity contribution >= 4 is 5.91 Å². The number of aryl methyl sites for hydroxylation is 1. The van der Waals surface area contributed by atoms with Crippen LogP contribution in [-0.2, 0) is 6.42 Å². The van der Waals surface area contributed by atoms with Crippen molar-refractivity contribution in [3.63, 3.8) is 0 Å². The molecule has 0 aliphatic heterocycles. The van der Waals surface area contributed by atoms with Gasteiger partial charge in [-0.05, 0) is 24.1 Å². The lowest BCUT2D eigenvalue weighted by molar-refractivity contribution is 0.0995. The third kappa shape index (κ3) is 1.83. The Balaban J connectivity index is 3.33. The van der Waals surface area contributed by atoms with Crippen molar-refractivity contribution in [2.75, 3.05) is 0 Å². The van der Waals surface area contributed by atoms with Crippen LogP contribution < -0.4 is 5.73 Å². The molecule has 4 heteroatoms. The minimum absolute atomic E-state index is 0.392. The van der Waals surface area contributed by atoms with Gasteiger partial charge in [0.05, 0.1) is 5.56 Å². The molecule has 0 bridgehead atoms. The van der Waals surface area contributed by atoms with E-state index < -0.39 is 23.1 Å². The zero-order chi connectivity index (χ0) is 10.0. The average Bonchev–Trinajstić information content (AvgIpc) is 2.09. The first-order valence-electron chi connectivity index (χ1n) is 3.84. The van der Waals surface area contributed by atoms with Gasteiger partial charge in [-0.2, -0.15) is 0 Å². The fourth-order valence-corrected chi connectivity index (χ4v) is 1.03. The van der Waals surface area contributed by atoms with E-state index in [2.05, 4.69) is 0 Å². The summed E-state index contributed by atoms with van der Waals surface area (Å²) in [6, 6.07) is 2.32. The number of primary amides is 1. The number of halogens is 2. The van der Waals surface area contributed by atoms with E-state index in [1.165, 1.54) is 6.07 Å². The van der Waals surface area contributed by atoms with Gasteiger partial charge in [0, 0.05) is 0 Å². The molecule has 2 nitrogen and oxygen atoms in total. The van der Waals surface area contributed by atoms with E-state index >= 15 is 0 Å². The summed E-state index contributed by atoms with van der Waals surface area (Å²) in [5, 5.41) is 0. The first kappa shape index (κ1) is 9.64. The van der Waals surface area contributed by atoms with Gasteiger partial charge in [-0.15, -0.1) is 0 Å². The van der Waals surface area contributed by atoms with Crippen molar-refractivity contribution in [3.05, 3.63) is 34.9 Å². The minimum atomic E-state index is -1.18. The first-order chi connectivity index (χ1) is 6.06. The summed E-state index contributed by atoms with van der Waals surface area (Å²) in [6.45, 7) is 1.78. The van der Waals surface area contributed by atoms with Gasteiger partial charge in [-0.3, -0.25) is 4.79 Å². The van der Waals surface area contributed by atoms with Crippen molar-refractivity contribution in [3.8, 4) is 0 Å². The van der Waals surface area contributed by atoms with E-state index in [4.69, 9.17) is 5.73 Å². The van der Waals surface area contributed by atoms with Gasteiger partial charge in [-0.25, -0.2) is 8.78 Å². The van der Waals surface area contributed by atoms with Crippen molar-refractivity contribution < 1.29 is 13.6 Å². The van der Waals surface area contributed by atoms with Crippen molar-refractivity contribution in [1.29, 1.82) is 0 Å². The molecular formula is C9H9F2NO. The quantitative estimate of drug-likeness (QED) is 0.747. The fourth-order valence-electron chi connectivity index (χ4n) is 1.03. The van der Waals surface area contributed by atoms with E-state index in [1.54, 1.807) is 6.92 Å². The van der Waals surface area contributed by atoms with E-state index in [0.29, 0.717) is 12.0 Å². The monoisotopic (exact) mass is 185 g/mol. The molecule has 70 valence electrons. The Morgan fingerprint density at radius 2 is 2.08 bits per heavy atom. The third-order valence-corrected chi connectivity index (χ3v) is 1.76. The number of hydrogen-bond donors (Lipinski definition) is 1. The summed E-state index contributed by atoms with van der Waals surface area (Å²) in [5.41, 5.74) is 5.02. The zero-order valence-corrected chi connectivity index (χ0v) is 7.10. The lowest BCUT2D eigenvalue weighted by atomic mass is 10.1. The van der Waals surface area contributed by atoms with Gasteiger partial charge in [0.15, 0.2) is 11.6 Å². The molecule has 0 aliphatic carbocycles. The first-order valence-corrected chi connectivity index (χ1v) is 3.84. The van der Waals surface area contributed by atoms with Crippen LogP contribution in [0.5, 0.6) is 0 Å². The molecule has 0 radical (unpaired) electrons. The fraction of sp³-hybridized carbons (Fsp3) is 0.222. The second kappa shape index (κ2) is 3.51. The molecule has 13 heavy (non-hydrogen) atoms. The molecule has 0 saturated heterocycles. The zero-order valence-electron chi connectivity index (χ0n) is 7.10. The molecule has 0 unspecified atom stereocenters. The van der Waals surface area contributed by atoms with Gasteiger partial charge in [0.25, 0.3) is 5.91 Å². The number of amides is 1. The maximum Gasteiger partial charge on any atom is 0.251 e. The van der Waals surface area contributed by atoms with Gasteiger partial charge >= 0.3 is 0 Å². The molecule has 1 rings (SSSR count). The SMILES string of the molecule is CCc1cc(F)c(F)c(C(N)=O)c1. The van der Waals surface area contributed by atoms with Crippen LogP contribution in [0.4, 0.5) is 8.78 Å². The second-order valence-electron chi connectivity index (χ2n) is 2.66. The van der Waals surface area contributed by atoms with Gasteiger partial charge in [0.2, 0.25) is 0 Å². The molecule has 0 heterocycles. The Labute approximate surface area is 74.4 Å². The summed E-state index contributed by atoms with van der Waals surface area (Å²) in [4.78, 5) is 10.7. The van der Waals surface area contributed by atoms with Gasteiger partial charge < -0.3 is 5.73 Å². The van der Waals surface area contributed by atoms with Crippen LogP contribution in [0.2, 0.25) is 0 Å². The Morgan fingerprint density at radius 3 is 2.54 bits per heavy atom. The molecule has 1 aromatic carbocycles. The Hall–Kier alpha value is -1.45. The maximum absolute atomic E-state index is 12.9. The molecule has 0 aliphatic rings. The summed E-state index contributed by atoms with van der Waals surface area (Å²) < 4.78 is 25.7. The topological polar surface area (TPSA) is 43.1 Å². The van der Waals surface area contributed by atoms with Crippen LogP contribution in [0.1, 0.15) is 22.8 Å². The summed E-state index contributed by atoms with van der Waals surface area (Å²) in [7, 11) is 0. The normalized spacial score (nSPS) is 10.1. The predicted molar refractivity (Wildman–Crippen MR) is 44.3 cm³/mol. The molecule has 0 atom stereocenters. The highest BCUT2D eigenvalue weighted by Crippen LogP contribution is 2.14. The number of carbonyl (C=O) groups excluding carboxylic acids is 1. The second-order valence-corrected chi connectivity index (χ2v) is 2.66. The molecule has 2 N–H and O–H groups in total. The predicted octanol–water partition coefficient (Wildman–Crippen LogP) is 1.63. The number of benzene rings is 1. The highest BCUT2D eigenvalue weighted by molar-refractivity contribution is 5.93. The van der Waals surface area contributed by atoms with Gasteiger partial charge in [-0.1, -0.05) is 6.92 Å². The lowest BCUT2D eigenvalue weighted by Crippen LogP contribution is -2.14. The number of carbonyl (C=O) groups is 1. The average molecular weight is 185 g/mol. The maximum atomic E-state index is 12.9. The molecular weight excluding hydrogens is 176 g/mol. The van der Waals surface area contributed by atoms with Crippen LogP contribution in [0.25, 0.3) is 0 Å². The summed E-state index contributed by atoms with van der Waals surface area (Å²) in [6.07, 6.45) is 0.525. The van der Waals surface area contributed by atoms with Crippen LogP contribution in [0.3, 0.4) is 0 Å². The molecule has 1 aromatic rings. The van der Waals surface area contributed by atoms with Crippen LogP contribution in [0.15, 0.2) is 12.1 Å². The molecule has 0 spiro atoms. The highest BCUT2D eigenvalue weighted by atomic mass is 19.2. The van der Waals surface area contributed by atoms with Crippen LogP contribution in [0, 0.1) is 11.6 Å². The van der Waals surface area contributed by atoms with E-state index in [0.717, 1.165) is 6.07 Å². The van der Waals surface area contributed by atoms with Crippen molar-refractivity contribution in [1.82, 2.24) is 0 Å². The van der Waals surface area contributed by atoms with Crippen LogP contribution in [-0.4, -0.2) is 5.91 Å². The smallest absolute Gasteiger partial charge is 0.251 e. The van der Waals surface area contributed by atoms with E-state index in [-0.39, 0.29) is 0 Å². The van der Waals surface area contributed by atoms with Gasteiger partial charge in [0.1, 0.15) is 0 Å². The Morgan fingerprint density at radius 1 is 1.46 bits per heavy atom. The number of rotatable bonds is 2. The van der Waals surface area contributed by atoms with E-state index in [1.807, 2.05) is 0 Å². The summed E-state index contributed by atoms with van der Waals surface area (Å²) in [5.74, 6) is -3.16. The molecule has 0 aromatic heterocycles. The third-order valence-electron chi connectivity index (χ3n) is 1.76. The number of hydrogen-bond acceptors (Lipinski definition) is 1. The standard InChI is InChI=1S/C9H9F2NO/c1-2-5-3-6(9(12)13)8(11)7(10)4-5/h3-4H,2H2,1H3,(H2,12,13). The van der Waals surface area contributed by atoms with Crippen molar-refractivity contribution in [2.24, 2.45) is 5.73 Å². The minimum Gasteiger partial charge on any atom is -0.366 e. The Kier molecular flexibility index (Phi) is 2.60. The van der Waals surface area contributed by atoms with Crippen molar-refractivity contribution in [2.45, 2.75) is 13.3 Å². The molecule has 0 fully saturated rings. The Bertz CT molecular complexity index is 350. The molecule has 1 amide bonds. The summed E-state index contributed by atoms with van der Waals surface area (Å²) >= 11 is 0. The largest absolute Gasteiger partial charge is 0.366 e. The number of nitrogens with two attached hydrogens (primary N) is 1. The molecule has 0 saturated carbocycles. The lowest BCUT2D eigenvalue weighted by Gasteiger charge is -2.02. The highest BCUT2D eigenvalue weighted by Gasteiger charge is 2.13. The van der Waals surface area contributed by atoms with Crippen LogP contribution >= 0.6 is 0 Å².